The second-order valence-electron chi connectivity index (χ2n) is 8.18. The molecule has 0 unspecified atom stereocenters. The molecule has 1 heterocycles. The third kappa shape index (κ3) is 4.57. The summed E-state index contributed by atoms with van der Waals surface area (Å²) in [6.07, 6.45) is 2.56. The fraction of sp³-hybridized carbons (Fsp3) is 0.429. The van der Waals surface area contributed by atoms with E-state index in [-0.39, 0.29) is 0 Å². The maximum atomic E-state index is 10.5. The highest BCUT2D eigenvalue weighted by molar-refractivity contribution is 6.76. The number of unbranched alkanes of at least 4 members (excludes halogenated alkanes) is 1. The number of anilines is 2. The Hall–Kier alpha value is -1.94. The zero-order valence-corrected chi connectivity index (χ0v) is 16.7. The Kier molecular flexibility index (Phi) is 5.38. The molecule has 0 bridgehead atoms. The molecule has 25 heavy (non-hydrogen) atoms. The molecule has 3 nitrogen and oxygen atoms in total. The lowest BCUT2D eigenvalue weighted by Crippen LogP contribution is -2.35. The van der Waals surface area contributed by atoms with Gasteiger partial charge in [0, 0.05) is 39.3 Å². The maximum absolute atomic E-state index is 10.5. The van der Waals surface area contributed by atoms with E-state index in [2.05, 4.69) is 48.1 Å². The molecule has 4 heteroatoms. The molecule has 0 atom stereocenters. The van der Waals surface area contributed by atoms with Crippen LogP contribution in [0.2, 0.25) is 25.7 Å². The summed E-state index contributed by atoms with van der Waals surface area (Å²) in [5, 5.41) is 13.9. The Morgan fingerprint density at radius 3 is 2.56 bits per heavy atom. The van der Waals surface area contributed by atoms with Crippen molar-refractivity contribution in [2.45, 2.75) is 38.5 Å². The van der Waals surface area contributed by atoms with Crippen LogP contribution >= 0.6 is 0 Å². The molecule has 1 aliphatic heterocycles. The van der Waals surface area contributed by atoms with Crippen molar-refractivity contribution in [2.24, 2.45) is 0 Å². The van der Waals surface area contributed by atoms with Crippen molar-refractivity contribution in [3.8, 4) is 16.9 Å². The second-order valence-corrected chi connectivity index (χ2v) is 13.8. The number of fused-ring (bicyclic) bond motifs is 1. The van der Waals surface area contributed by atoms with Gasteiger partial charge < -0.3 is 15.3 Å². The van der Waals surface area contributed by atoms with Crippen molar-refractivity contribution in [2.75, 3.05) is 29.9 Å². The maximum Gasteiger partial charge on any atom is 0.125 e. The van der Waals surface area contributed by atoms with Gasteiger partial charge in [-0.25, -0.2) is 0 Å². The lowest BCUT2D eigenvalue weighted by Gasteiger charge is -2.33. The first-order valence-electron chi connectivity index (χ1n) is 9.35. The number of phenols is 1. The number of phenolic OH excluding ortho intramolecular Hbond substituents is 1. The predicted molar refractivity (Wildman–Crippen MR) is 112 cm³/mol. The number of aromatic hydroxyl groups is 1. The first-order valence-corrected chi connectivity index (χ1v) is 13.1. The van der Waals surface area contributed by atoms with Crippen molar-refractivity contribution in [1.82, 2.24) is 0 Å². The van der Waals surface area contributed by atoms with Crippen LogP contribution in [0, 0.1) is 0 Å². The number of rotatable bonds is 6. The molecule has 0 saturated heterocycles. The summed E-state index contributed by atoms with van der Waals surface area (Å²) in [5.74, 6) is 0.345. The van der Waals surface area contributed by atoms with Crippen molar-refractivity contribution in [3.05, 3.63) is 42.5 Å². The highest BCUT2D eigenvalue weighted by atomic mass is 28.3. The number of hydrogen-bond donors (Lipinski definition) is 2. The third-order valence-electron chi connectivity index (χ3n) is 4.84. The molecule has 2 aromatic carbocycles. The van der Waals surface area contributed by atoms with Crippen LogP contribution in [0.25, 0.3) is 11.1 Å². The van der Waals surface area contributed by atoms with Gasteiger partial charge in [-0.1, -0.05) is 62.4 Å². The summed E-state index contributed by atoms with van der Waals surface area (Å²) in [5.41, 5.74) is 4.24. The van der Waals surface area contributed by atoms with Crippen LogP contribution in [0.3, 0.4) is 0 Å². The minimum atomic E-state index is -0.940. The molecule has 0 aromatic heterocycles. The van der Waals surface area contributed by atoms with E-state index in [0.29, 0.717) is 5.75 Å². The van der Waals surface area contributed by atoms with Crippen molar-refractivity contribution < 1.29 is 5.11 Å². The number of hydrogen-bond acceptors (Lipinski definition) is 3. The fourth-order valence-electron chi connectivity index (χ4n) is 3.47. The fourth-order valence-corrected chi connectivity index (χ4v) is 4.78. The summed E-state index contributed by atoms with van der Waals surface area (Å²) in [6.45, 7) is 10.4. The Morgan fingerprint density at radius 2 is 1.84 bits per heavy atom. The SMILES string of the molecule is C[Si](C)(C)CCCCN1CCNc2cc(O)c(-c3ccccc3)cc21. The molecular formula is C21H30N2OSi. The molecule has 1 aliphatic rings. The van der Waals surface area contributed by atoms with Gasteiger partial charge in [-0.15, -0.1) is 0 Å². The molecule has 2 N–H and O–H groups in total. The Bertz CT molecular complexity index is 710. The van der Waals surface area contributed by atoms with E-state index < -0.39 is 8.07 Å². The summed E-state index contributed by atoms with van der Waals surface area (Å²) in [6, 6.07) is 15.6. The topological polar surface area (TPSA) is 35.5 Å². The zero-order valence-electron chi connectivity index (χ0n) is 15.7. The molecule has 3 rings (SSSR count). The van der Waals surface area contributed by atoms with E-state index in [9.17, 15) is 5.11 Å². The average Bonchev–Trinajstić information content (AvgIpc) is 2.58. The lowest BCUT2D eigenvalue weighted by molar-refractivity contribution is 0.477. The van der Waals surface area contributed by atoms with Crippen molar-refractivity contribution in [1.29, 1.82) is 0 Å². The molecule has 2 aromatic rings. The Balaban J connectivity index is 1.78. The van der Waals surface area contributed by atoms with Gasteiger partial charge >= 0.3 is 0 Å². The van der Waals surface area contributed by atoms with E-state index in [1.807, 2.05) is 24.3 Å². The van der Waals surface area contributed by atoms with E-state index in [1.165, 1.54) is 24.6 Å². The van der Waals surface area contributed by atoms with Gasteiger partial charge in [-0.05, 0) is 18.1 Å². The highest BCUT2D eigenvalue weighted by Crippen LogP contribution is 2.40. The zero-order chi connectivity index (χ0) is 17.9. The second kappa shape index (κ2) is 7.52. The molecule has 0 amide bonds. The normalized spacial score (nSPS) is 14.1. The van der Waals surface area contributed by atoms with Crippen LogP contribution in [0.15, 0.2) is 42.5 Å². The van der Waals surface area contributed by atoms with Gasteiger partial charge in [0.1, 0.15) is 5.75 Å². The molecule has 0 spiro atoms. The van der Waals surface area contributed by atoms with Crippen LogP contribution in [0.1, 0.15) is 12.8 Å². The lowest BCUT2D eigenvalue weighted by atomic mass is 10.0. The quantitative estimate of drug-likeness (QED) is 0.538. The number of benzene rings is 2. The molecule has 0 aliphatic carbocycles. The van der Waals surface area contributed by atoms with Crippen LogP contribution in [-0.4, -0.2) is 32.8 Å². The molecule has 0 saturated carbocycles. The van der Waals surface area contributed by atoms with Crippen LogP contribution in [-0.2, 0) is 0 Å². The molecule has 0 radical (unpaired) electrons. The standard InChI is InChI=1S/C21H30N2OSi/c1-25(2,3)14-8-7-12-23-13-11-22-19-16-21(24)18(15-20(19)23)17-9-5-4-6-10-17/h4-6,9-10,15-16,22,24H,7-8,11-14H2,1-3H3. The van der Waals surface area contributed by atoms with Crippen LogP contribution in [0.5, 0.6) is 5.75 Å². The third-order valence-corrected chi connectivity index (χ3v) is 6.70. The predicted octanol–water partition coefficient (Wildman–Crippen LogP) is 5.41. The van der Waals surface area contributed by atoms with Gasteiger partial charge in [0.25, 0.3) is 0 Å². The first kappa shape index (κ1) is 17.9. The highest BCUT2D eigenvalue weighted by Gasteiger charge is 2.20. The summed E-state index contributed by atoms with van der Waals surface area (Å²) >= 11 is 0. The minimum absolute atomic E-state index is 0.345. The first-order chi connectivity index (χ1) is 11.9. The van der Waals surface area contributed by atoms with Gasteiger partial charge in [-0.3, -0.25) is 0 Å². The van der Waals surface area contributed by atoms with Crippen molar-refractivity contribution >= 4 is 19.4 Å². The molecule has 134 valence electrons. The van der Waals surface area contributed by atoms with E-state index in [4.69, 9.17) is 0 Å². The summed E-state index contributed by atoms with van der Waals surface area (Å²) < 4.78 is 0. The van der Waals surface area contributed by atoms with E-state index in [1.54, 1.807) is 0 Å². The molecular weight excluding hydrogens is 324 g/mol. The van der Waals surface area contributed by atoms with Crippen LogP contribution < -0.4 is 10.2 Å². The largest absolute Gasteiger partial charge is 0.507 e. The number of nitrogens with zero attached hydrogens (tertiary/aromatic N) is 1. The number of nitrogens with one attached hydrogen (secondary N) is 1. The van der Waals surface area contributed by atoms with Crippen LogP contribution in [0.4, 0.5) is 11.4 Å². The molecule has 0 fully saturated rings. The van der Waals surface area contributed by atoms with Gasteiger partial charge in [0.2, 0.25) is 0 Å². The summed E-state index contributed by atoms with van der Waals surface area (Å²) in [7, 11) is -0.940. The average molecular weight is 355 g/mol. The van der Waals surface area contributed by atoms with Crippen molar-refractivity contribution in [3.63, 3.8) is 0 Å². The van der Waals surface area contributed by atoms with E-state index in [0.717, 1.165) is 36.4 Å². The minimum Gasteiger partial charge on any atom is -0.507 e. The summed E-state index contributed by atoms with van der Waals surface area (Å²) in [4.78, 5) is 2.47. The van der Waals surface area contributed by atoms with Gasteiger partial charge in [-0.2, -0.15) is 0 Å². The Morgan fingerprint density at radius 1 is 1.08 bits per heavy atom. The van der Waals surface area contributed by atoms with Gasteiger partial charge in [0.15, 0.2) is 0 Å². The van der Waals surface area contributed by atoms with E-state index >= 15 is 0 Å². The Labute approximate surface area is 152 Å². The van der Waals surface area contributed by atoms with Gasteiger partial charge in [0.05, 0.1) is 11.4 Å². The monoisotopic (exact) mass is 354 g/mol. The smallest absolute Gasteiger partial charge is 0.125 e.